The van der Waals surface area contributed by atoms with Crippen molar-refractivity contribution in [1.29, 1.82) is 0 Å². The first-order valence-corrected chi connectivity index (χ1v) is 9.63. The van der Waals surface area contributed by atoms with E-state index in [2.05, 4.69) is 29.4 Å². The summed E-state index contributed by atoms with van der Waals surface area (Å²) in [6.07, 6.45) is 1.14. The lowest BCUT2D eigenvalue weighted by Gasteiger charge is -2.07. The average molecular weight is 373 g/mol. The van der Waals surface area contributed by atoms with Gasteiger partial charge < -0.3 is 10.1 Å². The van der Waals surface area contributed by atoms with Gasteiger partial charge in [-0.1, -0.05) is 42.8 Å². The number of hydrogen-bond acceptors (Lipinski definition) is 4. The minimum atomic E-state index is 0.476. The van der Waals surface area contributed by atoms with Crippen molar-refractivity contribution in [3.05, 3.63) is 69.5 Å². The predicted octanol–water partition coefficient (Wildman–Crippen LogP) is 5.54. The molecule has 0 aliphatic carbocycles. The smallest absolute Gasteiger partial charge is 0.140 e. The van der Waals surface area contributed by atoms with Crippen LogP contribution in [0.5, 0.6) is 5.75 Å². The standard InChI is InChI=1S/C20H21ClN2OS/c1-2-10-22-12-15-4-3-5-18(11-15)24-13-20-23-19(14-25-20)16-6-8-17(21)9-7-16/h3-9,11,14,22H,2,10,12-13H2,1H3. The summed E-state index contributed by atoms with van der Waals surface area (Å²) in [7, 11) is 0. The summed E-state index contributed by atoms with van der Waals surface area (Å²) in [5, 5.41) is 7.14. The molecule has 5 heteroatoms. The molecule has 3 aromatic rings. The summed E-state index contributed by atoms with van der Waals surface area (Å²) < 4.78 is 5.91. The van der Waals surface area contributed by atoms with Crippen LogP contribution in [-0.4, -0.2) is 11.5 Å². The van der Waals surface area contributed by atoms with Crippen molar-refractivity contribution in [2.75, 3.05) is 6.54 Å². The molecule has 0 atom stereocenters. The first kappa shape index (κ1) is 17.9. The summed E-state index contributed by atoms with van der Waals surface area (Å²) in [6, 6.07) is 15.9. The van der Waals surface area contributed by atoms with Crippen LogP contribution in [-0.2, 0) is 13.2 Å². The number of thiazole rings is 1. The summed E-state index contributed by atoms with van der Waals surface area (Å²) in [5.74, 6) is 0.874. The fourth-order valence-electron chi connectivity index (χ4n) is 2.43. The van der Waals surface area contributed by atoms with Crippen molar-refractivity contribution in [1.82, 2.24) is 10.3 Å². The molecule has 130 valence electrons. The molecule has 0 saturated heterocycles. The number of benzene rings is 2. The van der Waals surface area contributed by atoms with E-state index >= 15 is 0 Å². The number of ether oxygens (including phenoxy) is 1. The molecule has 0 aliphatic heterocycles. The normalized spacial score (nSPS) is 10.8. The largest absolute Gasteiger partial charge is 0.486 e. The van der Waals surface area contributed by atoms with Crippen molar-refractivity contribution in [3.8, 4) is 17.0 Å². The molecule has 0 aliphatic rings. The molecule has 3 rings (SSSR count). The Bertz CT molecular complexity index is 801. The molecule has 1 aromatic heterocycles. The number of aromatic nitrogens is 1. The van der Waals surface area contributed by atoms with Gasteiger partial charge >= 0.3 is 0 Å². The van der Waals surface area contributed by atoms with Crippen molar-refractivity contribution in [2.24, 2.45) is 0 Å². The maximum atomic E-state index is 5.93. The highest BCUT2D eigenvalue weighted by atomic mass is 35.5. The van der Waals surface area contributed by atoms with Gasteiger partial charge in [-0.2, -0.15) is 0 Å². The van der Waals surface area contributed by atoms with Crippen LogP contribution in [0.25, 0.3) is 11.3 Å². The third-order valence-corrected chi connectivity index (χ3v) is 4.78. The van der Waals surface area contributed by atoms with Crippen LogP contribution >= 0.6 is 22.9 Å². The fourth-order valence-corrected chi connectivity index (χ4v) is 3.27. The molecule has 0 amide bonds. The fraction of sp³-hybridized carbons (Fsp3) is 0.250. The highest BCUT2D eigenvalue weighted by molar-refractivity contribution is 7.09. The first-order valence-electron chi connectivity index (χ1n) is 8.37. The second kappa shape index (κ2) is 8.99. The number of hydrogen-bond donors (Lipinski definition) is 1. The van der Waals surface area contributed by atoms with Crippen LogP contribution in [0.4, 0.5) is 0 Å². The topological polar surface area (TPSA) is 34.1 Å². The molecule has 1 N–H and O–H groups in total. The van der Waals surface area contributed by atoms with Gasteiger partial charge in [0, 0.05) is 22.5 Å². The van der Waals surface area contributed by atoms with E-state index in [1.54, 1.807) is 11.3 Å². The van der Waals surface area contributed by atoms with Gasteiger partial charge in [0.1, 0.15) is 17.4 Å². The van der Waals surface area contributed by atoms with E-state index < -0.39 is 0 Å². The second-order valence-corrected chi connectivity index (χ2v) is 7.13. The number of halogens is 1. The van der Waals surface area contributed by atoms with Crippen LogP contribution < -0.4 is 10.1 Å². The second-order valence-electron chi connectivity index (χ2n) is 5.75. The van der Waals surface area contributed by atoms with Crippen molar-refractivity contribution in [2.45, 2.75) is 26.5 Å². The van der Waals surface area contributed by atoms with E-state index in [0.717, 1.165) is 46.5 Å². The third kappa shape index (κ3) is 5.30. The minimum absolute atomic E-state index is 0.476. The van der Waals surface area contributed by atoms with Crippen molar-refractivity contribution in [3.63, 3.8) is 0 Å². The SMILES string of the molecule is CCCNCc1cccc(OCc2nc(-c3ccc(Cl)cc3)cs2)c1. The minimum Gasteiger partial charge on any atom is -0.486 e. The zero-order valence-corrected chi connectivity index (χ0v) is 15.7. The summed E-state index contributed by atoms with van der Waals surface area (Å²) in [4.78, 5) is 4.65. The van der Waals surface area contributed by atoms with E-state index in [1.807, 2.05) is 41.8 Å². The molecular formula is C20H21ClN2OS. The quantitative estimate of drug-likeness (QED) is 0.527. The van der Waals surface area contributed by atoms with E-state index in [9.17, 15) is 0 Å². The molecule has 0 unspecified atom stereocenters. The van der Waals surface area contributed by atoms with Crippen LogP contribution in [0.2, 0.25) is 5.02 Å². The average Bonchev–Trinajstić information content (AvgIpc) is 3.10. The predicted molar refractivity (Wildman–Crippen MR) is 105 cm³/mol. The van der Waals surface area contributed by atoms with Gasteiger partial charge in [0.2, 0.25) is 0 Å². The van der Waals surface area contributed by atoms with Crippen LogP contribution in [0.3, 0.4) is 0 Å². The number of rotatable bonds is 8. The maximum Gasteiger partial charge on any atom is 0.140 e. The number of nitrogens with zero attached hydrogens (tertiary/aromatic N) is 1. The molecule has 1 heterocycles. The highest BCUT2D eigenvalue weighted by Gasteiger charge is 2.06. The highest BCUT2D eigenvalue weighted by Crippen LogP contribution is 2.24. The van der Waals surface area contributed by atoms with Gasteiger partial charge in [-0.05, 0) is 42.8 Å². The van der Waals surface area contributed by atoms with Crippen molar-refractivity contribution >= 4 is 22.9 Å². The molecule has 0 spiro atoms. The van der Waals surface area contributed by atoms with Gasteiger partial charge in [-0.25, -0.2) is 4.98 Å². The van der Waals surface area contributed by atoms with E-state index in [1.165, 1.54) is 5.56 Å². The Labute approximate surface area is 157 Å². The lowest BCUT2D eigenvalue weighted by atomic mass is 10.2. The molecule has 25 heavy (non-hydrogen) atoms. The Morgan fingerprint density at radius 2 is 2.00 bits per heavy atom. The van der Waals surface area contributed by atoms with E-state index in [-0.39, 0.29) is 0 Å². The van der Waals surface area contributed by atoms with Gasteiger partial charge in [0.05, 0.1) is 5.69 Å². The number of nitrogens with one attached hydrogen (secondary N) is 1. The summed E-state index contributed by atoms with van der Waals surface area (Å²) in [6.45, 7) is 4.53. The Hall–Kier alpha value is -1.88. The Morgan fingerprint density at radius 3 is 2.80 bits per heavy atom. The molecule has 0 radical (unpaired) electrons. The summed E-state index contributed by atoms with van der Waals surface area (Å²) >= 11 is 7.54. The molecule has 0 fully saturated rings. The molecule has 2 aromatic carbocycles. The van der Waals surface area contributed by atoms with Crippen LogP contribution in [0.1, 0.15) is 23.9 Å². The Kier molecular flexibility index (Phi) is 6.45. The Morgan fingerprint density at radius 1 is 1.16 bits per heavy atom. The third-order valence-electron chi connectivity index (χ3n) is 3.71. The van der Waals surface area contributed by atoms with Crippen molar-refractivity contribution < 1.29 is 4.74 Å². The lowest BCUT2D eigenvalue weighted by Crippen LogP contribution is -2.13. The first-order chi connectivity index (χ1) is 12.2. The van der Waals surface area contributed by atoms with E-state index in [0.29, 0.717) is 6.61 Å². The van der Waals surface area contributed by atoms with E-state index in [4.69, 9.17) is 16.3 Å². The maximum absolute atomic E-state index is 5.93. The van der Waals surface area contributed by atoms with Gasteiger partial charge in [-0.3, -0.25) is 0 Å². The van der Waals surface area contributed by atoms with Gasteiger partial charge in [0.15, 0.2) is 0 Å². The molecular weight excluding hydrogens is 352 g/mol. The van der Waals surface area contributed by atoms with Gasteiger partial charge in [-0.15, -0.1) is 11.3 Å². The summed E-state index contributed by atoms with van der Waals surface area (Å²) in [5.41, 5.74) is 3.25. The van der Waals surface area contributed by atoms with Gasteiger partial charge in [0.25, 0.3) is 0 Å². The lowest BCUT2D eigenvalue weighted by molar-refractivity contribution is 0.305. The molecule has 3 nitrogen and oxygen atoms in total. The monoisotopic (exact) mass is 372 g/mol. The Balaban J connectivity index is 1.58. The van der Waals surface area contributed by atoms with Crippen LogP contribution in [0, 0.1) is 0 Å². The zero-order valence-electron chi connectivity index (χ0n) is 14.2. The zero-order chi connectivity index (χ0) is 17.5. The molecule has 0 bridgehead atoms. The van der Waals surface area contributed by atoms with Crippen LogP contribution in [0.15, 0.2) is 53.9 Å². The molecule has 0 saturated carbocycles.